The minimum absolute atomic E-state index is 0.191. The van der Waals surface area contributed by atoms with Gasteiger partial charge in [-0.05, 0) is 18.9 Å². The van der Waals surface area contributed by atoms with Gasteiger partial charge < -0.3 is 4.74 Å². The summed E-state index contributed by atoms with van der Waals surface area (Å²) in [6.45, 7) is 7.37. The van der Waals surface area contributed by atoms with Gasteiger partial charge in [-0.1, -0.05) is 43.3 Å². The van der Waals surface area contributed by atoms with E-state index in [0.717, 1.165) is 12.0 Å². The van der Waals surface area contributed by atoms with Crippen molar-refractivity contribution in [2.24, 2.45) is 0 Å². The first-order chi connectivity index (χ1) is 7.19. The third-order valence-corrected chi connectivity index (χ3v) is 2.37. The second-order valence-electron chi connectivity index (χ2n) is 3.48. The number of carbonyl (C=O) groups is 1. The van der Waals surface area contributed by atoms with Gasteiger partial charge in [0.15, 0.2) is 0 Å². The molecule has 0 saturated carbocycles. The lowest BCUT2D eigenvalue weighted by molar-refractivity contribution is -0.139. The Morgan fingerprint density at radius 3 is 2.53 bits per heavy atom. The molecule has 1 aromatic rings. The maximum absolute atomic E-state index is 11.6. The fourth-order valence-corrected chi connectivity index (χ4v) is 1.50. The Bertz CT molecular complexity index is 338. The zero-order valence-corrected chi connectivity index (χ0v) is 9.19. The van der Waals surface area contributed by atoms with Gasteiger partial charge in [0.25, 0.3) is 0 Å². The van der Waals surface area contributed by atoms with Gasteiger partial charge in [-0.2, -0.15) is 0 Å². The topological polar surface area (TPSA) is 26.3 Å². The highest BCUT2D eigenvalue weighted by atomic mass is 16.5. The molecule has 80 valence electrons. The van der Waals surface area contributed by atoms with Gasteiger partial charge in [0, 0.05) is 0 Å². The van der Waals surface area contributed by atoms with E-state index in [-0.39, 0.29) is 11.9 Å². The van der Waals surface area contributed by atoms with Gasteiger partial charge in [0.1, 0.15) is 0 Å². The largest absolute Gasteiger partial charge is 0.435 e. The van der Waals surface area contributed by atoms with Gasteiger partial charge in [-0.25, -0.2) is 0 Å². The van der Waals surface area contributed by atoms with E-state index in [4.69, 9.17) is 4.74 Å². The van der Waals surface area contributed by atoms with Crippen LogP contribution < -0.4 is 0 Å². The fourth-order valence-electron chi connectivity index (χ4n) is 1.50. The third-order valence-electron chi connectivity index (χ3n) is 2.37. The molecule has 0 radical (unpaired) electrons. The molecule has 1 atom stereocenters. The Kier molecular flexibility index (Phi) is 4.10. The molecule has 2 heteroatoms. The van der Waals surface area contributed by atoms with E-state index in [1.165, 1.54) is 11.8 Å². The average molecular weight is 204 g/mol. The van der Waals surface area contributed by atoms with E-state index in [1.54, 1.807) is 0 Å². The molecule has 0 aromatic heterocycles. The summed E-state index contributed by atoms with van der Waals surface area (Å²) in [5.41, 5.74) is 2.18. The number of esters is 1. The molecule has 0 bridgehead atoms. The number of benzene rings is 1. The third kappa shape index (κ3) is 2.94. The highest BCUT2D eigenvalue weighted by Gasteiger charge is 2.19. The molecule has 1 aromatic carbocycles. The van der Waals surface area contributed by atoms with Gasteiger partial charge in [0.05, 0.1) is 12.2 Å². The van der Waals surface area contributed by atoms with Gasteiger partial charge in [0.2, 0.25) is 0 Å². The van der Waals surface area contributed by atoms with E-state index in [2.05, 4.69) is 6.58 Å². The van der Waals surface area contributed by atoms with Crippen LogP contribution in [0.3, 0.4) is 0 Å². The van der Waals surface area contributed by atoms with Crippen molar-refractivity contribution in [3.05, 3.63) is 48.2 Å². The SMILES string of the molecule is C=COC(=O)C(CC)c1ccc(C)cc1. The van der Waals surface area contributed by atoms with Crippen LogP contribution in [-0.2, 0) is 9.53 Å². The van der Waals surface area contributed by atoms with Crippen LogP contribution in [0.15, 0.2) is 37.1 Å². The highest BCUT2D eigenvalue weighted by Crippen LogP contribution is 2.21. The molecule has 0 fully saturated rings. The van der Waals surface area contributed by atoms with Crippen LogP contribution in [0.5, 0.6) is 0 Å². The summed E-state index contributed by atoms with van der Waals surface area (Å²) in [7, 11) is 0. The van der Waals surface area contributed by atoms with E-state index in [9.17, 15) is 4.79 Å². The van der Waals surface area contributed by atoms with Crippen LogP contribution >= 0.6 is 0 Å². The molecule has 0 amide bonds. The summed E-state index contributed by atoms with van der Waals surface area (Å²) in [5.74, 6) is -0.431. The maximum Gasteiger partial charge on any atom is 0.318 e. The van der Waals surface area contributed by atoms with Crippen LogP contribution in [0.25, 0.3) is 0 Å². The van der Waals surface area contributed by atoms with Crippen LogP contribution in [0.4, 0.5) is 0 Å². The van der Waals surface area contributed by atoms with E-state index in [1.807, 2.05) is 38.1 Å². The standard InChI is InChI=1S/C13H16O2/c1-4-12(13(14)15-5-2)11-8-6-10(3)7-9-11/h5-9,12H,2,4H2,1,3H3. The fraction of sp³-hybridized carbons (Fsp3) is 0.308. The minimum Gasteiger partial charge on any atom is -0.435 e. The summed E-state index contributed by atoms with van der Waals surface area (Å²) in [6, 6.07) is 7.93. The Morgan fingerprint density at radius 2 is 2.07 bits per heavy atom. The molecule has 0 aliphatic carbocycles. The molecular formula is C13H16O2. The Labute approximate surface area is 90.6 Å². The van der Waals surface area contributed by atoms with E-state index in [0.29, 0.717) is 0 Å². The van der Waals surface area contributed by atoms with Crippen LogP contribution in [-0.4, -0.2) is 5.97 Å². The molecular weight excluding hydrogens is 188 g/mol. The van der Waals surface area contributed by atoms with Crippen molar-refractivity contribution < 1.29 is 9.53 Å². The number of aryl methyl sites for hydroxylation is 1. The first-order valence-electron chi connectivity index (χ1n) is 5.07. The molecule has 0 spiro atoms. The summed E-state index contributed by atoms with van der Waals surface area (Å²) < 4.78 is 4.80. The normalized spacial score (nSPS) is 11.9. The van der Waals surface area contributed by atoms with E-state index < -0.39 is 0 Å². The molecule has 0 heterocycles. The maximum atomic E-state index is 11.6. The molecule has 0 saturated heterocycles. The summed E-state index contributed by atoms with van der Waals surface area (Å²) in [6.07, 6.45) is 1.91. The van der Waals surface area contributed by atoms with Crippen LogP contribution in [0.2, 0.25) is 0 Å². The van der Waals surface area contributed by atoms with Crippen LogP contribution in [0, 0.1) is 6.92 Å². The van der Waals surface area contributed by atoms with Gasteiger partial charge in [-0.15, -0.1) is 0 Å². The van der Waals surface area contributed by atoms with Crippen LogP contribution in [0.1, 0.15) is 30.4 Å². The number of hydrogen-bond donors (Lipinski definition) is 0. The predicted molar refractivity (Wildman–Crippen MR) is 60.5 cm³/mol. The average Bonchev–Trinajstić information content (AvgIpc) is 2.22. The van der Waals surface area contributed by atoms with Crippen molar-refractivity contribution in [2.45, 2.75) is 26.2 Å². The lowest BCUT2D eigenvalue weighted by Gasteiger charge is -2.12. The molecule has 0 N–H and O–H groups in total. The Hall–Kier alpha value is -1.57. The molecule has 15 heavy (non-hydrogen) atoms. The smallest absolute Gasteiger partial charge is 0.318 e. The van der Waals surface area contributed by atoms with Crippen molar-refractivity contribution in [2.75, 3.05) is 0 Å². The van der Waals surface area contributed by atoms with Crippen molar-refractivity contribution in [3.8, 4) is 0 Å². The zero-order chi connectivity index (χ0) is 11.3. The summed E-state index contributed by atoms with van der Waals surface area (Å²) >= 11 is 0. The number of carbonyl (C=O) groups excluding carboxylic acids is 1. The lowest BCUT2D eigenvalue weighted by Crippen LogP contribution is -2.12. The first kappa shape index (κ1) is 11.5. The molecule has 0 aliphatic rings. The zero-order valence-electron chi connectivity index (χ0n) is 9.19. The van der Waals surface area contributed by atoms with Crippen molar-refractivity contribution in [1.82, 2.24) is 0 Å². The lowest BCUT2D eigenvalue weighted by atomic mass is 9.96. The second kappa shape index (κ2) is 5.35. The summed E-state index contributed by atoms with van der Waals surface area (Å²) in [5, 5.41) is 0. The number of rotatable bonds is 4. The van der Waals surface area contributed by atoms with Gasteiger partial charge in [-0.3, -0.25) is 4.79 Å². The molecule has 0 aliphatic heterocycles. The van der Waals surface area contributed by atoms with Crippen molar-refractivity contribution >= 4 is 5.97 Å². The molecule has 1 rings (SSSR count). The molecule has 2 nitrogen and oxygen atoms in total. The first-order valence-corrected chi connectivity index (χ1v) is 5.07. The van der Waals surface area contributed by atoms with Crippen molar-refractivity contribution in [3.63, 3.8) is 0 Å². The second-order valence-corrected chi connectivity index (χ2v) is 3.48. The van der Waals surface area contributed by atoms with Gasteiger partial charge >= 0.3 is 5.97 Å². The van der Waals surface area contributed by atoms with Crippen molar-refractivity contribution in [1.29, 1.82) is 0 Å². The number of hydrogen-bond acceptors (Lipinski definition) is 2. The Balaban J connectivity index is 2.87. The minimum atomic E-state index is -0.239. The molecule has 1 unspecified atom stereocenters. The predicted octanol–water partition coefficient (Wildman–Crippen LogP) is 3.18. The number of ether oxygens (including phenoxy) is 1. The monoisotopic (exact) mass is 204 g/mol. The summed E-state index contributed by atoms with van der Waals surface area (Å²) in [4.78, 5) is 11.6. The van der Waals surface area contributed by atoms with E-state index >= 15 is 0 Å². The highest BCUT2D eigenvalue weighted by molar-refractivity contribution is 5.78. The Morgan fingerprint density at radius 1 is 1.47 bits per heavy atom. The quantitative estimate of drug-likeness (QED) is 0.556.